The second kappa shape index (κ2) is 5.21. The predicted octanol–water partition coefficient (Wildman–Crippen LogP) is 7.00. The van der Waals surface area contributed by atoms with Crippen molar-refractivity contribution in [2.24, 2.45) is 0 Å². The summed E-state index contributed by atoms with van der Waals surface area (Å²) in [5, 5.41) is 5.29. The number of para-hydroxylation sites is 1. The fourth-order valence-electron chi connectivity index (χ4n) is 4.23. The van der Waals surface area contributed by atoms with Gasteiger partial charge in [-0.15, -0.1) is 0 Å². The molecule has 0 unspecified atom stereocenters. The molecule has 0 spiro atoms. The van der Waals surface area contributed by atoms with Crippen molar-refractivity contribution < 1.29 is 4.42 Å². The Morgan fingerprint density at radius 3 is 2.78 bits per heavy atom. The van der Waals surface area contributed by atoms with Gasteiger partial charge in [-0.3, -0.25) is 4.98 Å². The first-order valence-corrected chi connectivity index (χ1v) is 9.29. The van der Waals surface area contributed by atoms with Crippen LogP contribution in [0.4, 0.5) is 0 Å². The van der Waals surface area contributed by atoms with E-state index in [0.29, 0.717) is 0 Å². The van der Waals surface area contributed by atoms with E-state index in [1.54, 1.807) is 0 Å². The second-order valence-electron chi connectivity index (χ2n) is 7.10. The molecule has 0 N–H and O–H groups in total. The number of fused-ring (bicyclic) bond motifs is 3. The number of pyridine rings is 1. The minimum absolute atomic E-state index is 0.741. The van der Waals surface area contributed by atoms with Gasteiger partial charge < -0.3 is 4.42 Å². The molecule has 0 saturated heterocycles. The van der Waals surface area contributed by atoms with Crippen molar-refractivity contribution in [3.05, 3.63) is 88.2 Å². The zero-order chi connectivity index (χ0) is 18.1. The molecule has 0 amide bonds. The average Bonchev–Trinajstić information content (AvgIpc) is 3.21. The maximum absolute atomic E-state index is 6.32. The number of hydrogen-bond donors (Lipinski definition) is 0. The molecule has 3 aromatic carbocycles. The summed E-state index contributed by atoms with van der Waals surface area (Å²) in [6, 6.07) is 18.6. The van der Waals surface area contributed by atoms with Gasteiger partial charge >= 0.3 is 0 Å². The minimum Gasteiger partial charge on any atom is -0.455 e. The summed E-state index contributed by atoms with van der Waals surface area (Å²) >= 11 is 6.32. The summed E-state index contributed by atoms with van der Waals surface area (Å²) in [7, 11) is 0. The van der Waals surface area contributed by atoms with Gasteiger partial charge in [0.15, 0.2) is 0 Å². The van der Waals surface area contributed by atoms with Crippen LogP contribution < -0.4 is 0 Å². The number of halogens is 1. The summed E-state index contributed by atoms with van der Waals surface area (Å²) in [5.41, 5.74) is 7.29. The fraction of sp³-hybridized carbons (Fsp3) is 0.0417. The quantitative estimate of drug-likeness (QED) is 0.312. The molecule has 0 atom stereocenters. The Kier molecular flexibility index (Phi) is 2.90. The molecule has 2 aromatic heterocycles. The van der Waals surface area contributed by atoms with E-state index in [9.17, 15) is 0 Å². The van der Waals surface area contributed by atoms with Gasteiger partial charge in [0.05, 0.1) is 5.69 Å². The van der Waals surface area contributed by atoms with E-state index in [1.807, 2.05) is 42.6 Å². The van der Waals surface area contributed by atoms with E-state index in [1.165, 1.54) is 5.56 Å². The first kappa shape index (κ1) is 15.0. The molecule has 6 rings (SSSR count). The number of aryl methyl sites for hydroxylation is 1. The van der Waals surface area contributed by atoms with E-state index in [4.69, 9.17) is 21.0 Å². The van der Waals surface area contributed by atoms with E-state index in [0.717, 1.165) is 60.1 Å². The molecular weight excluding hydrogens is 354 g/mol. The van der Waals surface area contributed by atoms with Crippen LogP contribution in [0.15, 0.2) is 65.2 Å². The Labute approximate surface area is 160 Å². The number of benzene rings is 3. The number of hydrogen-bond acceptors (Lipinski definition) is 2. The third-order valence-corrected chi connectivity index (χ3v) is 5.54. The molecule has 0 radical (unpaired) electrons. The third-order valence-electron chi connectivity index (χ3n) is 5.33. The van der Waals surface area contributed by atoms with E-state index in [2.05, 4.69) is 31.2 Å². The lowest BCUT2D eigenvalue weighted by atomic mass is 9.98. The molecule has 2 heterocycles. The van der Waals surface area contributed by atoms with E-state index in [-0.39, 0.29) is 0 Å². The Balaban J connectivity index is 1.72. The maximum atomic E-state index is 6.32. The maximum Gasteiger partial charge on any atom is 0.143 e. The molecule has 0 bridgehead atoms. The van der Waals surface area contributed by atoms with Crippen LogP contribution in [-0.4, -0.2) is 4.98 Å². The topological polar surface area (TPSA) is 26.0 Å². The Hall–Kier alpha value is -3.10. The summed E-state index contributed by atoms with van der Waals surface area (Å²) < 4.78 is 6.27. The zero-order valence-corrected chi connectivity index (χ0v) is 15.3. The van der Waals surface area contributed by atoms with Crippen LogP contribution in [0.5, 0.6) is 0 Å². The van der Waals surface area contributed by atoms with Crippen LogP contribution in [0.1, 0.15) is 22.4 Å². The summed E-state index contributed by atoms with van der Waals surface area (Å²) in [5.74, 6) is 0. The average molecular weight is 368 g/mol. The van der Waals surface area contributed by atoms with Gasteiger partial charge in [-0.2, -0.15) is 0 Å². The molecule has 1 aliphatic rings. The molecular formula is C24H14ClNO. The lowest BCUT2D eigenvalue weighted by Crippen LogP contribution is -1.91. The molecule has 0 fully saturated rings. The van der Waals surface area contributed by atoms with Crippen LogP contribution in [0.3, 0.4) is 0 Å². The van der Waals surface area contributed by atoms with Crippen molar-refractivity contribution in [3.8, 4) is 0 Å². The van der Waals surface area contributed by atoms with Gasteiger partial charge in [-0.25, -0.2) is 0 Å². The Morgan fingerprint density at radius 1 is 0.963 bits per heavy atom. The Morgan fingerprint density at radius 2 is 1.85 bits per heavy atom. The van der Waals surface area contributed by atoms with Gasteiger partial charge in [-0.05, 0) is 65.9 Å². The zero-order valence-electron chi connectivity index (χ0n) is 14.6. The Bertz CT molecular complexity index is 1440. The summed E-state index contributed by atoms with van der Waals surface area (Å²) in [4.78, 5) is 4.70. The number of aromatic nitrogens is 1. The van der Waals surface area contributed by atoms with E-state index < -0.39 is 0 Å². The van der Waals surface area contributed by atoms with Gasteiger partial charge in [0.2, 0.25) is 0 Å². The SMILES string of the molecule is Cc1cc(C2=Cc3cc(Cl)cc4ccnc2c34)c2oc3ccccc3c2c1. The summed E-state index contributed by atoms with van der Waals surface area (Å²) in [6.07, 6.45) is 4.03. The van der Waals surface area contributed by atoms with Crippen LogP contribution in [-0.2, 0) is 0 Å². The highest BCUT2D eigenvalue weighted by Crippen LogP contribution is 2.43. The van der Waals surface area contributed by atoms with Gasteiger partial charge in [0, 0.05) is 38.5 Å². The van der Waals surface area contributed by atoms with Gasteiger partial charge in [0.1, 0.15) is 11.2 Å². The normalized spacial score (nSPS) is 13.0. The third kappa shape index (κ3) is 2.05. The second-order valence-corrected chi connectivity index (χ2v) is 7.53. The molecule has 1 aliphatic carbocycles. The van der Waals surface area contributed by atoms with Crippen LogP contribution in [0.2, 0.25) is 5.02 Å². The molecule has 5 aromatic rings. The van der Waals surface area contributed by atoms with Crippen molar-refractivity contribution in [3.63, 3.8) is 0 Å². The summed E-state index contributed by atoms with van der Waals surface area (Å²) in [6.45, 7) is 2.12. The molecule has 27 heavy (non-hydrogen) atoms. The highest BCUT2D eigenvalue weighted by Gasteiger charge is 2.23. The molecule has 0 aliphatic heterocycles. The van der Waals surface area contributed by atoms with Gasteiger partial charge in [0.25, 0.3) is 0 Å². The van der Waals surface area contributed by atoms with Crippen LogP contribution in [0, 0.1) is 6.92 Å². The molecule has 128 valence electrons. The largest absolute Gasteiger partial charge is 0.455 e. The number of rotatable bonds is 1. The lowest BCUT2D eigenvalue weighted by molar-refractivity contribution is 0.667. The van der Waals surface area contributed by atoms with Crippen molar-refractivity contribution >= 4 is 56.0 Å². The fourth-order valence-corrected chi connectivity index (χ4v) is 4.47. The minimum atomic E-state index is 0.741. The standard InChI is InChI=1S/C24H14ClNO/c1-13-8-19-17-4-2-3-5-21(17)27-24(19)20(9-13)18-12-15-11-16(25)10-14-6-7-26-23(18)22(14)15/h2-12H,1H3. The van der Waals surface area contributed by atoms with Crippen LogP contribution in [0.25, 0.3) is 44.4 Å². The highest BCUT2D eigenvalue weighted by molar-refractivity contribution is 6.32. The molecule has 2 nitrogen and oxygen atoms in total. The van der Waals surface area contributed by atoms with Crippen LogP contribution >= 0.6 is 11.6 Å². The number of nitrogens with zero attached hydrogens (tertiary/aromatic N) is 1. The molecule has 3 heteroatoms. The van der Waals surface area contributed by atoms with Crippen molar-refractivity contribution in [1.82, 2.24) is 4.98 Å². The van der Waals surface area contributed by atoms with Crippen molar-refractivity contribution in [1.29, 1.82) is 0 Å². The van der Waals surface area contributed by atoms with Crippen molar-refractivity contribution in [2.75, 3.05) is 0 Å². The van der Waals surface area contributed by atoms with E-state index >= 15 is 0 Å². The smallest absolute Gasteiger partial charge is 0.143 e. The van der Waals surface area contributed by atoms with Crippen molar-refractivity contribution in [2.45, 2.75) is 6.92 Å². The highest BCUT2D eigenvalue weighted by atomic mass is 35.5. The lowest BCUT2D eigenvalue weighted by Gasteiger charge is -2.08. The molecule has 0 saturated carbocycles. The number of furan rings is 1. The monoisotopic (exact) mass is 367 g/mol. The van der Waals surface area contributed by atoms with Gasteiger partial charge in [-0.1, -0.05) is 29.8 Å². The first-order chi connectivity index (χ1) is 13.2. The first-order valence-electron chi connectivity index (χ1n) is 8.92. The predicted molar refractivity (Wildman–Crippen MR) is 112 cm³/mol.